The molecule has 3 aliphatic heterocycles. The molecule has 0 spiro atoms. The molecule has 5 rings (SSSR count). The van der Waals surface area contributed by atoms with Gasteiger partial charge in [-0.3, -0.25) is 24.2 Å². The van der Waals surface area contributed by atoms with Gasteiger partial charge in [0, 0.05) is 64.4 Å². The summed E-state index contributed by atoms with van der Waals surface area (Å²) in [7, 11) is 2.83. The van der Waals surface area contributed by atoms with Gasteiger partial charge in [-0.15, -0.1) is 0 Å². The van der Waals surface area contributed by atoms with Gasteiger partial charge in [-0.2, -0.15) is 0 Å². The van der Waals surface area contributed by atoms with Gasteiger partial charge in [0.15, 0.2) is 0 Å². The highest BCUT2D eigenvalue weighted by atomic mass is 16.3. The molecule has 2 atom stereocenters. The van der Waals surface area contributed by atoms with E-state index in [1.165, 1.54) is 20.4 Å². The molecule has 2 saturated heterocycles. The van der Waals surface area contributed by atoms with Crippen molar-refractivity contribution >= 4 is 17.8 Å². The monoisotopic (exact) mass is 438 g/mol. The zero-order valence-corrected chi connectivity index (χ0v) is 18.2. The van der Waals surface area contributed by atoms with Crippen molar-refractivity contribution in [3.05, 3.63) is 58.4 Å². The third-order valence-electron chi connectivity index (χ3n) is 7.11. The second kappa shape index (κ2) is 7.44. The van der Waals surface area contributed by atoms with E-state index in [4.69, 9.17) is 4.42 Å². The van der Waals surface area contributed by atoms with Gasteiger partial charge in [-0.05, 0) is 30.5 Å². The largest absolute Gasteiger partial charge is 0.469 e. The predicted octanol–water partition coefficient (Wildman–Crippen LogP) is 1.14. The molecule has 2 aromatic heterocycles. The van der Waals surface area contributed by atoms with E-state index in [2.05, 4.69) is 4.90 Å². The Kier molecular flexibility index (Phi) is 4.81. The molecule has 168 valence electrons. The van der Waals surface area contributed by atoms with Crippen molar-refractivity contribution in [3.63, 3.8) is 0 Å². The lowest BCUT2D eigenvalue weighted by Gasteiger charge is -2.47. The quantitative estimate of drug-likeness (QED) is 0.665. The van der Waals surface area contributed by atoms with E-state index in [1.54, 1.807) is 24.3 Å². The average molecular weight is 438 g/mol. The van der Waals surface area contributed by atoms with Gasteiger partial charge >= 0.3 is 6.03 Å². The first-order valence-electron chi connectivity index (χ1n) is 10.8. The zero-order chi connectivity index (χ0) is 22.6. The molecule has 5 heterocycles. The van der Waals surface area contributed by atoms with Crippen LogP contribution in [0.2, 0.25) is 0 Å². The number of furan rings is 1. The third-order valence-corrected chi connectivity index (χ3v) is 7.11. The predicted molar refractivity (Wildman–Crippen MR) is 114 cm³/mol. The summed E-state index contributed by atoms with van der Waals surface area (Å²) in [4.78, 5) is 55.8. The highest BCUT2D eigenvalue weighted by molar-refractivity contribution is 6.19. The Morgan fingerprint density at radius 3 is 2.41 bits per heavy atom. The second-order valence-corrected chi connectivity index (χ2v) is 9.24. The molecule has 0 aliphatic carbocycles. The van der Waals surface area contributed by atoms with Crippen molar-refractivity contribution in [2.24, 2.45) is 11.3 Å². The van der Waals surface area contributed by atoms with E-state index in [0.717, 1.165) is 21.9 Å². The number of hydrogen-bond acceptors (Lipinski definition) is 6. The van der Waals surface area contributed by atoms with Gasteiger partial charge in [0.25, 0.3) is 5.56 Å². The van der Waals surface area contributed by atoms with E-state index in [-0.39, 0.29) is 30.4 Å². The van der Waals surface area contributed by atoms with Crippen LogP contribution in [0.3, 0.4) is 0 Å². The number of rotatable bonds is 4. The van der Waals surface area contributed by atoms with Gasteiger partial charge < -0.3 is 13.9 Å². The van der Waals surface area contributed by atoms with E-state index in [0.29, 0.717) is 25.4 Å². The number of aromatic nitrogens is 1. The summed E-state index contributed by atoms with van der Waals surface area (Å²) in [6.07, 6.45) is 2.58. The van der Waals surface area contributed by atoms with Crippen LogP contribution in [0, 0.1) is 11.3 Å². The van der Waals surface area contributed by atoms with Gasteiger partial charge in [-0.25, -0.2) is 4.79 Å². The van der Waals surface area contributed by atoms with Crippen LogP contribution in [0.1, 0.15) is 23.8 Å². The van der Waals surface area contributed by atoms with E-state index >= 15 is 0 Å². The fraction of sp³-hybridized carbons (Fsp3) is 0.478. The summed E-state index contributed by atoms with van der Waals surface area (Å²) in [6.45, 7) is 2.14. The number of amides is 4. The summed E-state index contributed by atoms with van der Waals surface area (Å²) >= 11 is 0. The number of nitrogens with zero attached hydrogens (tertiary/aromatic N) is 4. The maximum atomic E-state index is 13.4. The lowest BCUT2D eigenvalue weighted by atomic mass is 9.76. The molecule has 1 unspecified atom stereocenters. The Bertz CT molecular complexity index is 1110. The Morgan fingerprint density at radius 1 is 0.969 bits per heavy atom. The molecule has 2 bridgehead atoms. The minimum atomic E-state index is -1.45. The molecule has 0 radical (unpaired) electrons. The summed E-state index contributed by atoms with van der Waals surface area (Å²) in [5.41, 5.74) is -0.430. The van der Waals surface area contributed by atoms with E-state index < -0.39 is 23.3 Å². The molecule has 9 heteroatoms. The van der Waals surface area contributed by atoms with Crippen molar-refractivity contribution in [1.29, 1.82) is 0 Å². The number of fused-ring (bicyclic) bond motifs is 4. The van der Waals surface area contributed by atoms with Crippen molar-refractivity contribution in [2.75, 3.05) is 33.7 Å². The number of imide groups is 2. The Labute approximate surface area is 185 Å². The van der Waals surface area contributed by atoms with Gasteiger partial charge in [0.1, 0.15) is 11.2 Å². The van der Waals surface area contributed by atoms with Crippen LogP contribution in [0.15, 0.2) is 45.8 Å². The fourth-order valence-electron chi connectivity index (χ4n) is 5.69. The molecule has 2 aromatic rings. The van der Waals surface area contributed by atoms with E-state index in [1.807, 2.05) is 10.6 Å². The lowest BCUT2D eigenvalue weighted by molar-refractivity contribution is -0.159. The first kappa shape index (κ1) is 20.7. The number of urea groups is 1. The van der Waals surface area contributed by atoms with Gasteiger partial charge in [0.05, 0.1) is 6.26 Å². The average Bonchev–Trinajstić information content (AvgIpc) is 3.29. The Balaban J connectivity index is 1.49. The Hall–Kier alpha value is -3.20. The SMILES string of the molecule is CN1C(=O)N(C)C(=O)C(Cc2ccco2)(CN2CC3C[C@@H](C2)Cn2c3cccc2=O)C1=O. The summed E-state index contributed by atoms with van der Waals surface area (Å²) in [5, 5.41) is 0. The first-order valence-corrected chi connectivity index (χ1v) is 10.8. The topological polar surface area (TPSA) is 96.1 Å². The van der Waals surface area contributed by atoms with Crippen molar-refractivity contribution in [3.8, 4) is 0 Å². The van der Waals surface area contributed by atoms with Crippen LogP contribution in [0.4, 0.5) is 4.79 Å². The van der Waals surface area contributed by atoms with Gasteiger partial charge in [0.2, 0.25) is 11.8 Å². The molecule has 3 aliphatic rings. The van der Waals surface area contributed by atoms with Crippen LogP contribution < -0.4 is 5.56 Å². The first-order chi connectivity index (χ1) is 15.3. The minimum absolute atomic E-state index is 0.0133. The van der Waals surface area contributed by atoms with Gasteiger partial charge in [-0.1, -0.05) is 6.07 Å². The fourth-order valence-corrected chi connectivity index (χ4v) is 5.69. The number of piperidine rings is 1. The molecule has 0 saturated carbocycles. The molecule has 9 nitrogen and oxygen atoms in total. The number of likely N-dealkylation sites (tertiary alicyclic amines) is 1. The number of barbiturate groups is 1. The smallest absolute Gasteiger partial charge is 0.332 e. The summed E-state index contributed by atoms with van der Waals surface area (Å²) in [5.74, 6) is -0.0727. The van der Waals surface area contributed by atoms with Crippen LogP contribution in [-0.2, 0) is 22.6 Å². The van der Waals surface area contributed by atoms with Crippen LogP contribution in [0.25, 0.3) is 0 Å². The molecular formula is C23H26N4O5. The van der Waals surface area contributed by atoms with Crippen LogP contribution in [-0.4, -0.2) is 70.8 Å². The minimum Gasteiger partial charge on any atom is -0.469 e. The number of pyridine rings is 1. The highest BCUT2D eigenvalue weighted by Crippen LogP contribution is 2.39. The van der Waals surface area contributed by atoms with E-state index in [9.17, 15) is 19.2 Å². The maximum absolute atomic E-state index is 13.4. The molecule has 0 aromatic carbocycles. The highest BCUT2D eigenvalue weighted by Gasteiger charge is 2.57. The maximum Gasteiger partial charge on any atom is 0.332 e. The van der Waals surface area contributed by atoms with Crippen molar-refractivity contribution in [2.45, 2.75) is 25.3 Å². The standard InChI is InChI=1S/C23H26N4O5/c1-24-20(29)23(10-17-5-4-8-32-17,21(30)25(2)22(24)31)14-26-11-15-9-16(13-26)18-6-3-7-19(28)27(18)12-15/h3-8,15-16H,9-14H2,1-2H3/t15-,16?/m0/s1. The molecule has 2 fully saturated rings. The number of hydrogen-bond donors (Lipinski definition) is 0. The number of carbonyl (C=O) groups excluding carboxylic acids is 3. The number of carbonyl (C=O) groups is 3. The second-order valence-electron chi connectivity index (χ2n) is 9.24. The summed E-state index contributed by atoms with van der Waals surface area (Å²) < 4.78 is 7.35. The van der Waals surface area contributed by atoms with Crippen LogP contribution >= 0.6 is 0 Å². The lowest BCUT2D eigenvalue weighted by Crippen LogP contribution is -2.67. The molecular weight excluding hydrogens is 412 g/mol. The molecule has 32 heavy (non-hydrogen) atoms. The zero-order valence-electron chi connectivity index (χ0n) is 18.2. The van der Waals surface area contributed by atoms with Crippen molar-refractivity contribution in [1.82, 2.24) is 19.3 Å². The van der Waals surface area contributed by atoms with Crippen molar-refractivity contribution < 1.29 is 18.8 Å². The normalized spacial score (nSPS) is 25.2. The third kappa shape index (κ3) is 3.10. The molecule has 0 N–H and O–H groups in total. The Morgan fingerprint density at radius 2 is 1.72 bits per heavy atom. The molecule has 4 amide bonds. The summed E-state index contributed by atoms with van der Waals surface area (Å²) in [6, 6.07) is 8.20. The van der Waals surface area contributed by atoms with Crippen LogP contribution in [0.5, 0.6) is 0 Å².